The summed E-state index contributed by atoms with van der Waals surface area (Å²) in [6.45, 7) is 2.18. The molecule has 1 fully saturated rings. The van der Waals surface area contributed by atoms with E-state index in [-0.39, 0.29) is 12.5 Å². The molecule has 198 valence electrons. The third-order valence-corrected chi connectivity index (χ3v) is 7.41. The van der Waals surface area contributed by atoms with E-state index in [0.717, 1.165) is 47.1 Å². The van der Waals surface area contributed by atoms with E-state index in [9.17, 15) is 4.79 Å². The summed E-state index contributed by atoms with van der Waals surface area (Å²) in [6, 6.07) is 25.3. The normalized spacial score (nSPS) is 21.1. The fourth-order valence-electron chi connectivity index (χ4n) is 4.89. The summed E-state index contributed by atoms with van der Waals surface area (Å²) in [6.07, 6.45) is 2.46. The molecule has 0 unspecified atom stereocenters. The van der Waals surface area contributed by atoms with Gasteiger partial charge in [-0.3, -0.25) is 10.2 Å². The monoisotopic (exact) mass is 577 g/mol. The number of hydrazine groups is 1. The molecule has 2 heterocycles. The quantitative estimate of drug-likeness (QED) is 0.337. The van der Waals surface area contributed by atoms with E-state index >= 15 is 0 Å². The van der Waals surface area contributed by atoms with Gasteiger partial charge in [0.05, 0.1) is 6.61 Å². The highest BCUT2D eigenvalue weighted by molar-refractivity contribution is 9.10. The zero-order valence-electron chi connectivity index (χ0n) is 21.2. The third kappa shape index (κ3) is 5.93. The first kappa shape index (κ1) is 26.4. The number of hydrogen-bond acceptors (Lipinski definition) is 6. The summed E-state index contributed by atoms with van der Waals surface area (Å²) in [5, 5.41) is 11.0. The minimum atomic E-state index is -1.20. The number of nitrogens with zero attached hydrogens (tertiary/aromatic N) is 2. The number of carbonyl (C=O) groups is 1. The van der Waals surface area contributed by atoms with Gasteiger partial charge >= 0.3 is 0 Å². The minimum absolute atomic E-state index is 0.0869. The SMILES string of the molecule is O=C(NN1CCCC1)[C@@]1(Cc2ccc(Br)cc2)N=C(c2ccc(OCCCO)cc2)O[C@H]1c1ccccc1. The number of hydrogen-bond donors (Lipinski definition) is 2. The van der Waals surface area contributed by atoms with Crippen LogP contribution in [-0.4, -0.2) is 53.8 Å². The van der Waals surface area contributed by atoms with Crippen molar-refractivity contribution >= 4 is 27.7 Å². The van der Waals surface area contributed by atoms with Crippen molar-refractivity contribution in [1.82, 2.24) is 10.4 Å². The van der Waals surface area contributed by atoms with Gasteiger partial charge in [0.2, 0.25) is 5.90 Å². The molecule has 0 bridgehead atoms. The van der Waals surface area contributed by atoms with Crippen molar-refractivity contribution in [3.63, 3.8) is 0 Å². The lowest BCUT2D eigenvalue weighted by Gasteiger charge is -2.32. The largest absolute Gasteiger partial charge is 0.494 e. The maximum atomic E-state index is 14.2. The van der Waals surface area contributed by atoms with Crippen LogP contribution in [0.15, 0.2) is 88.3 Å². The number of aliphatic imine (C=N–C) groups is 1. The van der Waals surface area contributed by atoms with Crippen LogP contribution in [0.1, 0.15) is 42.1 Å². The lowest BCUT2D eigenvalue weighted by Crippen LogP contribution is -2.54. The van der Waals surface area contributed by atoms with Crippen LogP contribution < -0.4 is 10.2 Å². The van der Waals surface area contributed by atoms with Crippen LogP contribution in [0.4, 0.5) is 0 Å². The van der Waals surface area contributed by atoms with Crippen molar-refractivity contribution in [3.8, 4) is 5.75 Å². The number of ether oxygens (including phenoxy) is 2. The average Bonchev–Trinajstić information content (AvgIpc) is 3.60. The zero-order valence-corrected chi connectivity index (χ0v) is 22.8. The van der Waals surface area contributed by atoms with Crippen LogP contribution in [0.25, 0.3) is 0 Å². The van der Waals surface area contributed by atoms with Gasteiger partial charge in [-0.25, -0.2) is 10.0 Å². The molecular formula is C30H32BrN3O4. The van der Waals surface area contributed by atoms with Crippen LogP contribution in [0.5, 0.6) is 5.75 Å². The number of halogens is 1. The van der Waals surface area contributed by atoms with Crippen LogP contribution in [0.3, 0.4) is 0 Å². The smallest absolute Gasteiger partial charge is 0.266 e. The Bertz CT molecular complexity index is 1240. The zero-order chi connectivity index (χ0) is 26.4. The Morgan fingerprint density at radius 2 is 1.76 bits per heavy atom. The van der Waals surface area contributed by atoms with Crippen molar-refractivity contribution in [3.05, 3.63) is 100 Å². The Hall–Kier alpha value is -3.20. The molecule has 2 aliphatic rings. The number of aliphatic hydroxyl groups is 1. The molecule has 1 saturated heterocycles. The fraction of sp³-hybridized carbons (Fsp3) is 0.333. The summed E-state index contributed by atoms with van der Waals surface area (Å²) in [7, 11) is 0. The Labute approximate surface area is 231 Å². The number of amides is 1. The molecule has 38 heavy (non-hydrogen) atoms. The second-order valence-corrected chi connectivity index (χ2v) is 10.6. The van der Waals surface area contributed by atoms with E-state index < -0.39 is 11.6 Å². The maximum absolute atomic E-state index is 14.2. The average molecular weight is 579 g/mol. The predicted molar refractivity (Wildman–Crippen MR) is 150 cm³/mol. The molecule has 5 rings (SSSR count). The van der Waals surface area contributed by atoms with Crippen LogP contribution in [-0.2, 0) is 16.0 Å². The van der Waals surface area contributed by atoms with E-state index in [0.29, 0.717) is 31.1 Å². The highest BCUT2D eigenvalue weighted by Crippen LogP contribution is 2.42. The number of carbonyl (C=O) groups excluding carboxylic acids is 1. The molecular weight excluding hydrogens is 546 g/mol. The number of aliphatic hydroxyl groups excluding tert-OH is 1. The molecule has 7 nitrogen and oxygen atoms in total. The summed E-state index contributed by atoms with van der Waals surface area (Å²) in [4.78, 5) is 19.2. The minimum Gasteiger partial charge on any atom is -0.494 e. The highest BCUT2D eigenvalue weighted by Gasteiger charge is 2.53. The molecule has 3 aromatic carbocycles. The van der Waals surface area contributed by atoms with Gasteiger partial charge in [0.25, 0.3) is 5.91 Å². The lowest BCUT2D eigenvalue weighted by molar-refractivity contribution is -0.133. The van der Waals surface area contributed by atoms with Gasteiger partial charge in [-0.15, -0.1) is 0 Å². The number of rotatable bonds is 10. The van der Waals surface area contributed by atoms with Crippen LogP contribution in [0, 0.1) is 0 Å². The molecule has 0 spiro atoms. The Balaban J connectivity index is 1.53. The molecule has 3 aromatic rings. The summed E-state index contributed by atoms with van der Waals surface area (Å²) < 4.78 is 13.2. The summed E-state index contributed by atoms with van der Waals surface area (Å²) in [5.74, 6) is 0.956. The first-order chi connectivity index (χ1) is 18.6. The predicted octanol–water partition coefficient (Wildman–Crippen LogP) is 4.84. The highest BCUT2D eigenvalue weighted by atomic mass is 79.9. The van der Waals surface area contributed by atoms with Gasteiger partial charge < -0.3 is 14.6 Å². The van der Waals surface area contributed by atoms with Gasteiger partial charge in [0.15, 0.2) is 11.6 Å². The van der Waals surface area contributed by atoms with Gasteiger partial charge in [-0.2, -0.15) is 0 Å². The van der Waals surface area contributed by atoms with Crippen LogP contribution >= 0.6 is 15.9 Å². The van der Waals surface area contributed by atoms with Crippen molar-refractivity contribution in [2.75, 3.05) is 26.3 Å². The van der Waals surface area contributed by atoms with Crippen molar-refractivity contribution in [2.24, 2.45) is 4.99 Å². The van der Waals surface area contributed by atoms with Gasteiger partial charge in [0.1, 0.15) is 5.75 Å². The number of nitrogens with one attached hydrogen (secondary N) is 1. The number of benzene rings is 3. The first-order valence-corrected chi connectivity index (χ1v) is 13.8. The van der Waals surface area contributed by atoms with Crippen molar-refractivity contribution in [1.29, 1.82) is 0 Å². The second-order valence-electron chi connectivity index (χ2n) is 9.64. The first-order valence-electron chi connectivity index (χ1n) is 13.0. The molecule has 2 N–H and O–H groups in total. The van der Waals surface area contributed by atoms with Crippen molar-refractivity contribution < 1.29 is 19.4 Å². The lowest BCUT2D eigenvalue weighted by atomic mass is 9.82. The van der Waals surface area contributed by atoms with E-state index in [4.69, 9.17) is 19.6 Å². The van der Waals surface area contributed by atoms with E-state index in [2.05, 4.69) is 21.4 Å². The molecule has 1 amide bonds. The van der Waals surface area contributed by atoms with Gasteiger partial charge in [-0.1, -0.05) is 58.4 Å². The fourth-order valence-corrected chi connectivity index (χ4v) is 5.16. The summed E-state index contributed by atoms with van der Waals surface area (Å²) >= 11 is 3.51. The molecule has 0 radical (unpaired) electrons. The van der Waals surface area contributed by atoms with Crippen LogP contribution in [0.2, 0.25) is 0 Å². The third-order valence-electron chi connectivity index (χ3n) is 6.88. The van der Waals surface area contributed by atoms with Crippen molar-refractivity contribution in [2.45, 2.75) is 37.3 Å². The molecule has 0 saturated carbocycles. The Morgan fingerprint density at radius 1 is 1.05 bits per heavy atom. The van der Waals surface area contributed by atoms with Gasteiger partial charge in [0, 0.05) is 42.6 Å². The Morgan fingerprint density at radius 3 is 2.45 bits per heavy atom. The maximum Gasteiger partial charge on any atom is 0.266 e. The van der Waals surface area contributed by atoms with E-state index in [1.54, 1.807) is 0 Å². The van der Waals surface area contributed by atoms with Gasteiger partial charge in [-0.05, 0) is 60.4 Å². The Kier molecular flexibility index (Phi) is 8.42. The standard InChI is InChI=1S/C30H32BrN3O4/c31-25-13-9-22(10-14-25)21-30(29(36)33-34-17-4-5-18-34)27(23-7-2-1-3-8-23)38-28(32-30)24-11-15-26(16-12-24)37-20-6-19-35/h1-3,7-16,27,35H,4-6,17-21H2,(H,33,36)/t27-,30-/m0/s1. The molecule has 8 heteroatoms. The molecule has 0 aromatic heterocycles. The molecule has 2 atom stereocenters. The molecule has 2 aliphatic heterocycles. The second kappa shape index (κ2) is 12.1. The van der Waals surface area contributed by atoms with E-state index in [1.807, 2.05) is 83.9 Å². The molecule has 0 aliphatic carbocycles. The summed E-state index contributed by atoms with van der Waals surface area (Å²) in [5.41, 5.74) is 4.61. The van der Waals surface area contributed by atoms with E-state index in [1.165, 1.54) is 0 Å². The topological polar surface area (TPSA) is 83.4 Å².